The van der Waals surface area contributed by atoms with Gasteiger partial charge < -0.3 is 5.32 Å². The van der Waals surface area contributed by atoms with Crippen LogP contribution in [-0.4, -0.2) is 20.9 Å². The first-order valence-electron chi connectivity index (χ1n) is 8.94. The minimum absolute atomic E-state index is 0.146. The van der Waals surface area contributed by atoms with Crippen LogP contribution in [-0.2, 0) is 16.4 Å². The summed E-state index contributed by atoms with van der Waals surface area (Å²) < 4.78 is 55.1. The van der Waals surface area contributed by atoms with Crippen LogP contribution in [0.25, 0.3) is 0 Å². The lowest BCUT2D eigenvalue weighted by atomic mass is 10.2. The van der Waals surface area contributed by atoms with Crippen molar-refractivity contribution in [3.63, 3.8) is 0 Å². The molecule has 154 valence electrons. The van der Waals surface area contributed by atoms with E-state index in [1.54, 1.807) is 12.1 Å². The van der Waals surface area contributed by atoms with E-state index in [-0.39, 0.29) is 22.2 Å². The fourth-order valence-corrected chi connectivity index (χ4v) is 5.01. The molecule has 4 rings (SSSR count). The highest BCUT2D eigenvalue weighted by Gasteiger charge is 2.31. The van der Waals surface area contributed by atoms with Crippen molar-refractivity contribution in [1.29, 1.82) is 0 Å². The highest BCUT2D eigenvalue weighted by Crippen LogP contribution is 2.33. The number of carbonyl (C=O) groups is 1. The van der Waals surface area contributed by atoms with Crippen molar-refractivity contribution in [2.75, 3.05) is 16.2 Å². The number of rotatable bonds is 4. The normalized spacial score (nSPS) is 13.2. The van der Waals surface area contributed by atoms with Gasteiger partial charge in [0.15, 0.2) is 0 Å². The number of halogens is 3. The fraction of sp³-hybridized carbons (Fsp3) is 0.0952. The molecule has 1 aliphatic heterocycles. The molecule has 5 nitrogen and oxygen atoms in total. The number of carbonyl (C=O) groups excluding carboxylic acids is 1. The Morgan fingerprint density at radius 1 is 1.00 bits per heavy atom. The Morgan fingerprint density at radius 2 is 1.73 bits per heavy atom. The summed E-state index contributed by atoms with van der Waals surface area (Å²) in [4.78, 5) is 12.3. The zero-order chi connectivity index (χ0) is 21.5. The van der Waals surface area contributed by atoms with Gasteiger partial charge in [0.1, 0.15) is 11.6 Å². The lowest BCUT2D eigenvalue weighted by Gasteiger charge is -2.20. The SMILES string of the molecule is O=C(Nc1ccc(F)c(Cl)c1)c1cc(S(=O)(=O)N2CCc3ccccc32)ccc1F. The Morgan fingerprint density at radius 3 is 2.50 bits per heavy atom. The first kappa shape index (κ1) is 20.3. The molecule has 1 aliphatic rings. The molecule has 1 heterocycles. The minimum Gasteiger partial charge on any atom is -0.322 e. The summed E-state index contributed by atoms with van der Waals surface area (Å²) in [6.45, 7) is 0.259. The second kappa shape index (κ2) is 7.70. The van der Waals surface area contributed by atoms with Crippen LogP contribution in [0.2, 0.25) is 5.02 Å². The van der Waals surface area contributed by atoms with Crippen LogP contribution in [0.5, 0.6) is 0 Å². The van der Waals surface area contributed by atoms with Crippen molar-refractivity contribution in [3.8, 4) is 0 Å². The van der Waals surface area contributed by atoms with Crippen LogP contribution >= 0.6 is 11.6 Å². The number of amides is 1. The van der Waals surface area contributed by atoms with Crippen molar-refractivity contribution < 1.29 is 22.0 Å². The smallest absolute Gasteiger partial charge is 0.264 e. The standard InChI is InChI=1S/C21H15ClF2N2O3S/c22-17-11-14(5-7-19(17)24)25-21(27)16-12-15(6-8-18(16)23)30(28,29)26-10-9-13-3-1-2-4-20(13)26/h1-8,11-12H,9-10H2,(H,25,27). The molecule has 3 aromatic carbocycles. The lowest BCUT2D eigenvalue weighted by molar-refractivity contribution is 0.102. The number of hydrogen-bond donors (Lipinski definition) is 1. The monoisotopic (exact) mass is 448 g/mol. The molecule has 0 fully saturated rings. The lowest BCUT2D eigenvalue weighted by Crippen LogP contribution is -2.29. The molecular weight excluding hydrogens is 434 g/mol. The quantitative estimate of drug-likeness (QED) is 0.633. The number of anilines is 2. The van der Waals surface area contributed by atoms with Crippen molar-refractivity contribution in [1.82, 2.24) is 0 Å². The first-order valence-corrected chi connectivity index (χ1v) is 10.8. The molecule has 1 N–H and O–H groups in total. The van der Waals surface area contributed by atoms with E-state index in [1.165, 1.54) is 16.4 Å². The van der Waals surface area contributed by atoms with Gasteiger partial charge in [-0.25, -0.2) is 17.2 Å². The number of para-hydroxylation sites is 1. The van der Waals surface area contributed by atoms with Gasteiger partial charge in [-0.3, -0.25) is 9.10 Å². The molecule has 0 aliphatic carbocycles. The molecule has 0 bridgehead atoms. The maximum absolute atomic E-state index is 14.3. The third kappa shape index (κ3) is 3.64. The topological polar surface area (TPSA) is 66.5 Å². The molecular formula is C21H15ClF2N2O3S. The molecule has 9 heteroatoms. The zero-order valence-electron chi connectivity index (χ0n) is 15.4. The third-order valence-electron chi connectivity index (χ3n) is 4.79. The first-order chi connectivity index (χ1) is 14.3. The van der Waals surface area contributed by atoms with Gasteiger partial charge in [0.25, 0.3) is 15.9 Å². The molecule has 0 unspecified atom stereocenters. The Labute approximate surface area is 177 Å². The summed E-state index contributed by atoms with van der Waals surface area (Å²) in [5.41, 5.74) is 1.15. The molecule has 3 aromatic rings. The Hall–Kier alpha value is -2.97. The maximum Gasteiger partial charge on any atom is 0.264 e. The summed E-state index contributed by atoms with van der Waals surface area (Å²) in [5, 5.41) is 2.18. The number of nitrogens with one attached hydrogen (secondary N) is 1. The minimum atomic E-state index is -3.99. The predicted molar refractivity (Wildman–Crippen MR) is 110 cm³/mol. The van der Waals surface area contributed by atoms with Gasteiger partial charge in [0.2, 0.25) is 0 Å². The second-order valence-electron chi connectivity index (χ2n) is 6.68. The van der Waals surface area contributed by atoms with Crippen LogP contribution < -0.4 is 9.62 Å². The van der Waals surface area contributed by atoms with Gasteiger partial charge in [-0.2, -0.15) is 0 Å². The number of fused-ring (bicyclic) bond motifs is 1. The predicted octanol–water partition coefficient (Wildman–Crippen LogP) is 4.62. The van der Waals surface area contributed by atoms with Crippen molar-refractivity contribution in [2.45, 2.75) is 11.3 Å². The number of sulfonamides is 1. The summed E-state index contributed by atoms with van der Waals surface area (Å²) in [7, 11) is -3.99. The number of hydrogen-bond acceptors (Lipinski definition) is 3. The van der Waals surface area contributed by atoms with Gasteiger partial charge in [-0.15, -0.1) is 0 Å². The zero-order valence-corrected chi connectivity index (χ0v) is 17.0. The Bertz CT molecular complexity index is 1260. The molecule has 0 saturated carbocycles. The summed E-state index contributed by atoms with van der Waals surface area (Å²) in [6, 6.07) is 13.7. The van der Waals surface area contributed by atoms with Crippen LogP contribution in [0.1, 0.15) is 15.9 Å². The van der Waals surface area contributed by atoms with Gasteiger partial charge in [0.05, 0.1) is 21.2 Å². The summed E-state index contributed by atoms with van der Waals surface area (Å²) in [6.07, 6.45) is 0.565. The molecule has 0 spiro atoms. The van der Waals surface area contributed by atoms with Gasteiger partial charge in [-0.1, -0.05) is 29.8 Å². The average molecular weight is 449 g/mol. The molecule has 30 heavy (non-hydrogen) atoms. The molecule has 1 amide bonds. The van der Waals surface area contributed by atoms with Crippen LogP contribution in [0.15, 0.2) is 65.6 Å². The molecule has 0 saturated heterocycles. The highest BCUT2D eigenvalue weighted by molar-refractivity contribution is 7.92. The largest absolute Gasteiger partial charge is 0.322 e. The van der Waals surface area contributed by atoms with E-state index in [4.69, 9.17) is 11.6 Å². The van der Waals surface area contributed by atoms with E-state index in [0.29, 0.717) is 12.1 Å². The van der Waals surface area contributed by atoms with E-state index < -0.39 is 33.1 Å². The van der Waals surface area contributed by atoms with Gasteiger partial charge in [0, 0.05) is 12.2 Å². The van der Waals surface area contributed by atoms with Crippen LogP contribution in [0, 0.1) is 11.6 Å². The molecule has 0 atom stereocenters. The van der Waals surface area contributed by atoms with Crippen molar-refractivity contribution in [2.24, 2.45) is 0 Å². The van der Waals surface area contributed by atoms with Gasteiger partial charge in [-0.05, 0) is 54.4 Å². The summed E-state index contributed by atoms with van der Waals surface area (Å²) in [5.74, 6) is -2.43. The Kier molecular flexibility index (Phi) is 5.21. The van der Waals surface area contributed by atoms with E-state index >= 15 is 0 Å². The highest BCUT2D eigenvalue weighted by atomic mass is 35.5. The molecule has 0 radical (unpaired) electrons. The van der Waals surface area contributed by atoms with Crippen molar-refractivity contribution in [3.05, 3.63) is 88.4 Å². The van der Waals surface area contributed by atoms with E-state index in [0.717, 1.165) is 29.8 Å². The number of benzene rings is 3. The average Bonchev–Trinajstić information content (AvgIpc) is 3.16. The summed E-state index contributed by atoms with van der Waals surface area (Å²) >= 11 is 5.69. The van der Waals surface area contributed by atoms with Crippen molar-refractivity contribution >= 4 is 38.9 Å². The second-order valence-corrected chi connectivity index (χ2v) is 8.95. The molecule has 0 aromatic heterocycles. The van der Waals surface area contributed by atoms with Crippen LogP contribution in [0.3, 0.4) is 0 Å². The van der Waals surface area contributed by atoms with Crippen LogP contribution in [0.4, 0.5) is 20.2 Å². The Balaban J connectivity index is 1.66. The van der Waals surface area contributed by atoms with Gasteiger partial charge >= 0.3 is 0 Å². The van der Waals surface area contributed by atoms with E-state index in [9.17, 15) is 22.0 Å². The number of nitrogens with zero attached hydrogens (tertiary/aromatic N) is 1. The fourth-order valence-electron chi connectivity index (χ4n) is 3.30. The third-order valence-corrected chi connectivity index (χ3v) is 6.89. The maximum atomic E-state index is 14.3. The van der Waals surface area contributed by atoms with E-state index in [2.05, 4.69) is 5.32 Å². The van der Waals surface area contributed by atoms with E-state index in [1.807, 2.05) is 12.1 Å².